The lowest BCUT2D eigenvalue weighted by molar-refractivity contribution is -0.384. The molecule has 7 nitrogen and oxygen atoms in total. The fourth-order valence-corrected chi connectivity index (χ4v) is 4.43. The van der Waals surface area contributed by atoms with Gasteiger partial charge >= 0.3 is 0 Å². The van der Waals surface area contributed by atoms with Crippen LogP contribution in [0.1, 0.15) is 21.5 Å². The predicted molar refractivity (Wildman–Crippen MR) is 125 cm³/mol. The molecule has 0 radical (unpaired) electrons. The third kappa shape index (κ3) is 4.31. The van der Waals surface area contributed by atoms with Crippen LogP contribution in [0.2, 0.25) is 0 Å². The molecule has 32 heavy (non-hydrogen) atoms. The van der Waals surface area contributed by atoms with Gasteiger partial charge in [-0.1, -0.05) is 42.1 Å². The standard InChI is InChI=1S/C24H19N3O4S/c1-15-10-16(2)12-19(11-15)26-23(29)20-8-3-4-9-21(20)25-24(26)32-14-22(28)17-6-5-7-18(13-17)27(30)31/h3-13H,14H2,1-2H3. The Labute approximate surface area is 187 Å². The third-order valence-corrected chi connectivity index (χ3v) is 5.86. The van der Waals surface area contributed by atoms with Crippen LogP contribution < -0.4 is 5.56 Å². The molecule has 0 spiro atoms. The van der Waals surface area contributed by atoms with E-state index in [1.807, 2.05) is 32.0 Å². The second-order valence-electron chi connectivity index (χ2n) is 7.42. The van der Waals surface area contributed by atoms with E-state index in [9.17, 15) is 19.7 Å². The maximum Gasteiger partial charge on any atom is 0.270 e. The molecule has 1 aromatic heterocycles. The van der Waals surface area contributed by atoms with E-state index in [0.717, 1.165) is 22.9 Å². The number of non-ortho nitro benzene ring substituents is 1. The molecular weight excluding hydrogens is 426 g/mol. The van der Waals surface area contributed by atoms with Crippen LogP contribution in [0, 0.1) is 24.0 Å². The number of Topliss-reactive ketones (excluding diaryl/α,β-unsaturated/α-hetero) is 1. The zero-order valence-corrected chi connectivity index (χ0v) is 18.3. The van der Waals surface area contributed by atoms with E-state index in [0.29, 0.717) is 21.7 Å². The molecule has 8 heteroatoms. The minimum Gasteiger partial charge on any atom is -0.293 e. The number of aryl methyl sites for hydroxylation is 2. The summed E-state index contributed by atoms with van der Waals surface area (Å²) in [4.78, 5) is 41.2. The van der Waals surface area contributed by atoms with E-state index in [1.165, 1.54) is 22.8 Å². The van der Waals surface area contributed by atoms with Crippen molar-refractivity contribution in [3.8, 4) is 5.69 Å². The molecule has 0 aliphatic rings. The summed E-state index contributed by atoms with van der Waals surface area (Å²) >= 11 is 1.13. The summed E-state index contributed by atoms with van der Waals surface area (Å²) < 4.78 is 1.52. The molecular formula is C24H19N3O4S. The van der Waals surface area contributed by atoms with Gasteiger partial charge in [-0.3, -0.25) is 24.3 Å². The maximum atomic E-state index is 13.4. The highest BCUT2D eigenvalue weighted by molar-refractivity contribution is 7.99. The highest BCUT2D eigenvalue weighted by Gasteiger charge is 2.17. The number of rotatable bonds is 6. The van der Waals surface area contributed by atoms with Crippen molar-refractivity contribution in [3.63, 3.8) is 0 Å². The average molecular weight is 446 g/mol. The number of hydrogen-bond donors (Lipinski definition) is 0. The number of nitro benzene ring substituents is 1. The van der Waals surface area contributed by atoms with Gasteiger partial charge in [0.1, 0.15) is 0 Å². The van der Waals surface area contributed by atoms with E-state index in [-0.39, 0.29) is 28.3 Å². The molecule has 0 bridgehead atoms. The normalized spacial score (nSPS) is 10.9. The summed E-state index contributed by atoms with van der Waals surface area (Å²) in [5.41, 5.74) is 3.11. The molecule has 0 fully saturated rings. The van der Waals surface area contributed by atoms with Gasteiger partial charge in [0.2, 0.25) is 0 Å². The predicted octanol–water partition coefficient (Wildman–Crippen LogP) is 4.89. The second-order valence-corrected chi connectivity index (χ2v) is 8.36. The zero-order chi connectivity index (χ0) is 22.8. The smallest absolute Gasteiger partial charge is 0.270 e. The molecule has 1 heterocycles. The Morgan fingerprint density at radius 1 is 1.03 bits per heavy atom. The minimum absolute atomic E-state index is 0.0171. The molecule has 0 amide bonds. The summed E-state index contributed by atoms with van der Waals surface area (Å²) in [6.07, 6.45) is 0. The van der Waals surface area contributed by atoms with Gasteiger partial charge in [0.25, 0.3) is 11.2 Å². The SMILES string of the molecule is Cc1cc(C)cc(-n2c(SCC(=O)c3cccc([N+](=O)[O-])c3)nc3ccccc3c2=O)c1. The number of nitrogens with zero attached hydrogens (tertiary/aromatic N) is 3. The van der Waals surface area contributed by atoms with Crippen LogP contribution in [0.25, 0.3) is 16.6 Å². The first-order chi connectivity index (χ1) is 15.3. The van der Waals surface area contributed by atoms with E-state index in [2.05, 4.69) is 4.98 Å². The number of benzene rings is 3. The van der Waals surface area contributed by atoms with Gasteiger partial charge < -0.3 is 0 Å². The summed E-state index contributed by atoms with van der Waals surface area (Å²) in [6.45, 7) is 3.91. The first kappa shape index (κ1) is 21.5. The van der Waals surface area contributed by atoms with Crippen LogP contribution in [0.15, 0.2) is 76.7 Å². The Kier molecular flexibility index (Phi) is 5.87. The van der Waals surface area contributed by atoms with Crippen molar-refractivity contribution in [3.05, 3.63) is 104 Å². The van der Waals surface area contributed by atoms with Crippen LogP contribution in [0.5, 0.6) is 0 Å². The van der Waals surface area contributed by atoms with Gasteiger partial charge in [0, 0.05) is 17.7 Å². The molecule has 0 saturated heterocycles. The lowest BCUT2D eigenvalue weighted by Crippen LogP contribution is -2.22. The maximum absolute atomic E-state index is 13.4. The van der Waals surface area contributed by atoms with Crippen molar-refractivity contribution < 1.29 is 9.72 Å². The van der Waals surface area contributed by atoms with E-state index >= 15 is 0 Å². The monoisotopic (exact) mass is 445 g/mol. The van der Waals surface area contributed by atoms with Crippen LogP contribution in [0.4, 0.5) is 5.69 Å². The van der Waals surface area contributed by atoms with Gasteiger partial charge in [-0.05, 0) is 49.2 Å². The van der Waals surface area contributed by atoms with Gasteiger partial charge in [-0.15, -0.1) is 0 Å². The Bertz CT molecular complexity index is 1410. The van der Waals surface area contributed by atoms with Crippen LogP contribution in [-0.2, 0) is 0 Å². The Morgan fingerprint density at radius 3 is 2.47 bits per heavy atom. The number of nitro groups is 1. The minimum atomic E-state index is -0.535. The van der Waals surface area contributed by atoms with Crippen molar-refractivity contribution in [2.24, 2.45) is 0 Å². The van der Waals surface area contributed by atoms with Gasteiger partial charge in [-0.2, -0.15) is 0 Å². The highest BCUT2D eigenvalue weighted by Crippen LogP contribution is 2.24. The van der Waals surface area contributed by atoms with E-state index < -0.39 is 4.92 Å². The molecule has 0 saturated carbocycles. The number of ketones is 1. The van der Waals surface area contributed by atoms with Crippen molar-refractivity contribution in [1.82, 2.24) is 9.55 Å². The Hall–Kier alpha value is -3.78. The van der Waals surface area contributed by atoms with Crippen LogP contribution in [-0.4, -0.2) is 26.0 Å². The van der Waals surface area contributed by atoms with Gasteiger partial charge in [0.15, 0.2) is 10.9 Å². The first-order valence-electron chi connectivity index (χ1n) is 9.84. The van der Waals surface area contributed by atoms with E-state index in [1.54, 1.807) is 30.3 Å². The van der Waals surface area contributed by atoms with E-state index in [4.69, 9.17) is 0 Å². The number of thioether (sulfide) groups is 1. The molecule has 4 aromatic rings. The number of carbonyl (C=O) groups excluding carboxylic acids is 1. The Morgan fingerprint density at radius 2 is 1.75 bits per heavy atom. The zero-order valence-electron chi connectivity index (χ0n) is 17.4. The van der Waals surface area contributed by atoms with Crippen LogP contribution in [0.3, 0.4) is 0 Å². The fourth-order valence-electron chi connectivity index (χ4n) is 3.52. The molecule has 0 unspecified atom stereocenters. The first-order valence-corrected chi connectivity index (χ1v) is 10.8. The molecule has 3 aromatic carbocycles. The topological polar surface area (TPSA) is 95.1 Å². The van der Waals surface area contributed by atoms with Crippen molar-refractivity contribution in [1.29, 1.82) is 0 Å². The second kappa shape index (κ2) is 8.76. The number of para-hydroxylation sites is 1. The largest absolute Gasteiger partial charge is 0.293 e. The van der Waals surface area contributed by atoms with Crippen molar-refractivity contribution in [2.45, 2.75) is 19.0 Å². The number of fused-ring (bicyclic) bond motifs is 1. The number of carbonyl (C=O) groups is 1. The summed E-state index contributed by atoms with van der Waals surface area (Å²) in [5.74, 6) is -0.301. The lowest BCUT2D eigenvalue weighted by Gasteiger charge is -2.14. The fraction of sp³-hybridized carbons (Fsp3) is 0.125. The molecule has 0 aliphatic heterocycles. The van der Waals surface area contributed by atoms with Gasteiger partial charge in [0.05, 0.1) is 27.3 Å². The molecule has 0 atom stereocenters. The van der Waals surface area contributed by atoms with Gasteiger partial charge in [-0.25, -0.2) is 4.98 Å². The summed E-state index contributed by atoms with van der Waals surface area (Å²) in [5, 5.41) is 11.9. The Balaban J connectivity index is 1.76. The highest BCUT2D eigenvalue weighted by atomic mass is 32.2. The summed E-state index contributed by atoms with van der Waals surface area (Å²) in [7, 11) is 0. The van der Waals surface area contributed by atoms with Crippen LogP contribution >= 0.6 is 11.8 Å². The summed E-state index contributed by atoms with van der Waals surface area (Å²) in [6, 6.07) is 18.5. The third-order valence-electron chi connectivity index (χ3n) is 4.92. The van der Waals surface area contributed by atoms with Crippen molar-refractivity contribution >= 4 is 34.1 Å². The lowest BCUT2D eigenvalue weighted by atomic mass is 10.1. The molecule has 0 N–H and O–H groups in total. The molecule has 0 aliphatic carbocycles. The number of aromatic nitrogens is 2. The molecule has 4 rings (SSSR count). The quantitative estimate of drug-likeness (QED) is 0.138. The number of hydrogen-bond acceptors (Lipinski definition) is 6. The van der Waals surface area contributed by atoms with Crippen molar-refractivity contribution in [2.75, 3.05) is 5.75 Å². The average Bonchev–Trinajstić information content (AvgIpc) is 2.77. The molecule has 160 valence electrons.